The second-order valence-corrected chi connectivity index (χ2v) is 5.03. The van der Waals surface area contributed by atoms with Crippen molar-refractivity contribution in [3.05, 3.63) is 0 Å². The fourth-order valence-electron chi connectivity index (χ4n) is 2.84. The van der Waals surface area contributed by atoms with Gasteiger partial charge in [0.15, 0.2) is 0 Å². The van der Waals surface area contributed by atoms with Crippen molar-refractivity contribution in [2.45, 2.75) is 24.5 Å². The molecule has 1 N–H and O–H groups in total. The third-order valence-corrected chi connectivity index (χ3v) is 4.52. The van der Waals surface area contributed by atoms with Crippen LogP contribution < -0.4 is 0 Å². The Kier molecular flexibility index (Phi) is 2.07. The molecule has 2 bridgehead atoms. The second-order valence-electron chi connectivity index (χ2n) is 3.96. The predicted octanol–water partition coefficient (Wildman–Crippen LogP) is 1.85. The van der Waals surface area contributed by atoms with Crippen LogP contribution in [0, 0.1) is 17.8 Å². The first kappa shape index (κ1) is 8.42. The van der Waals surface area contributed by atoms with Crippen LogP contribution in [0.4, 0.5) is 0 Å². The van der Waals surface area contributed by atoms with Gasteiger partial charge in [-0.15, -0.1) is 0 Å². The third-order valence-electron chi connectivity index (χ3n) is 3.37. The molecule has 0 aromatic rings. The van der Waals surface area contributed by atoms with E-state index >= 15 is 0 Å². The SMILES string of the molecule is CS[C@@H]1C[C@H]2C[C@H]1[C@H](C(=O)O)C2. The average Bonchev–Trinajstić information content (AvgIpc) is 2.60. The summed E-state index contributed by atoms with van der Waals surface area (Å²) in [6.07, 6.45) is 5.47. The highest BCUT2D eigenvalue weighted by Crippen LogP contribution is 2.52. The molecule has 0 aromatic carbocycles. The van der Waals surface area contributed by atoms with Crippen molar-refractivity contribution in [3.63, 3.8) is 0 Å². The maximum Gasteiger partial charge on any atom is 0.306 e. The van der Waals surface area contributed by atoms with E-state index in [2.05, 4.69) is 6.26 Å². The molecule has 2 rings (SSSR count). The average molecular weight is 186 g/mol. The van der Waals surface area contributed by atoms with Gasteiger partial charge in [-0.25, -0.2) is 0 Å². The number of carboxylic acid groups (broad SMARTS) is 1. The summed E-state index contributed by atoms with van der Waals surface area (Å²) in [5.41, 5.74) is 0. The molecule has 2 saturated carbocycles. The lowest BCUT2D eigenvalue weighted by molar-refractivity contribution is -0.143. The topological polar surface area (TPSA) is 37.3 Å². The summed E-state index contributed by atoms with van der Waals surface area (Å²) in [5, 5.41) is 9.57. The summed E-state index contributed by atoms with van der Waals surface area (Å²) in [4.78, 5) is 10.8. The third kappa shape index (κ3) is 1.15. The Morgan fingerprint density at radius 3 is 2.67 bits per heavy atom. The molecule has 0 spiro atoms. The molecule has 2 nitrogen and oxygen atoms in total. The Hall–Kier alpha value is -0.180. The highest BCUT2D eigenvalue weighted by molar-refractivity contribution is 7.99. The van der Waals surface area contributed by atoms with Crippen LogP contribution in [0.3, 0.4) is 0 Å². The Labute approximate surface area is 76.7 Å². The number of rotatable bonds is 2. The monoisotopic (exact) mass is 186 g/mol. The lowest BCUT2D eigenvalue weighted by Crippen LogP contribution is -2.27. The first-order valence-electron chi connectivity index (χ1n) is 4.48. The Morgan fingerprint density at radius 2 is 2.17 bits per heavy atom. The summed E-state index contributed by atoms with van der Waals surface area (Å²) in [5.74, 6) is 0.596. The largest absolute Gasteiger partial charge is 0.481 e. The molecule has 0 radical (unpaired) electrons. The fourth-order valence-corrected chi connectivity index (χ4v) is 3.96. The molecule has 0 unspecified atom stereocenters. The number of aliphatic carboxylic acids is 1. The van der Waals surface area contributed by atoms with E-state index in [1.807, 2.05) is 11.8 Å². The van der Waals surface area contributed by atoms with Gasteiger partial charge in [0.1, 0.15) is 0 Å². The van der Waals surface area contributed by atoms with Crippen molar-refractivity contribution in [1.29, 1.82) is 0 Å². The molecule has 0 aliphatic heterocycles. The van der Waals surface area contributed by atoms with Crippen LogP contribution in [0.25, 0.3) is 0 Å². The van der Waals surface area contributed by atoms with E-state index in [4.69, 9.17) is 5.11 Å². The van der Waals surface area contributed by atoms with Crippen LogP contribution in [0.15, 0.2) is 0 Å². The van der Waals surface area contributed by atoms with Crippen LogP contribution in [0.5, 0.6) is 0 Å². The van der Waals surface area contributed by atoms with Crippen LogP contribution >= 0.6 is 11.8 Å². The highest BCUT2D eigenvalue weighted by Gasteiger charge is 2.48. The molecule has 2 fully saturated rings. The van der Waals surface area contributed by atoms with Gasteiger partial charge < -0.3 is 5.11 Å². The summed E-state index contributed by atoms with van der Waals surface area (Å²) < 4.78 is 0. The lowest BCUT2D eigenvalue weighted by atomic mass is 9.88. The molecule has 3 heteroatoms. The van der Waals surface area contributed by atoms with Crippen molar-refractivity contribution in [3.8, 4) is 0 Å². The van der Waals surface area contributed by atoms with E-state index in [9.17, 15) is 4.79 Å². The molecule has 12 heavy (non-hydrogen) atoms. The van der Waals surface area contributed by atoms with E-state index in [1.54, 1.807) is 0 Å². The van der Waals surface area contributed by atoms with Crippen molar-refractivity contribution < 1.29 is 9.90 Å². The Morgan fingerprint density at radius 1 is 1.42 bits per heavy atom. The van der Waals surface area contributed by atoms with Gasteiger partial charge >= 0.3 is 5.97 Å². The van der Waals surface area contributed by atoms with Gasteiger partial charge in [-0.3, -0.25) is 4.79 Å². The highest BCUT2D eigenvalue weighted by atomic mass is 32.2. The fraction of sp³-hybridized carbons (Fsp3) is 0.889. The second kappa shape index (κ2) is 2.95. The minimum absolute atomic E-state index is 0.0267. The maximum absolute atomic E-state index is 10.8. The van der Waals surface area contributed by atoms with Crippen molar-refractivity contribution in [2.24, 2.45) is 17.8 Å². The minimum Gasteiger partial charge on any atom is -0.481 e. The number of fused-ring (bicyclic) bond motifs is 2. The predicted molar refractivity (Wildman–Crippen MR) is 49.3 cm³/mol. The summed E-state index contributed by atoms with van der Waals surface area (Å²) in [7, 11) is 0. The molecule has 0 saturated heterocycles. The van der Waals surface area contributed by atoms with Gasteiger partial charge in [0.05, 0.1) is 5.92 Å². The van der Waals surface area contributed by atoms with Gasteiger partial charge in [0.2, 0.25) is 0 Å². The van der Waals surface area contributed by atoms with E-state index in [1.165, 1.54) is 12.8 Å². The van der Waals surface area contributed by atoms with Gasteiger partial charge in [-0.2, -0.15) is 11.8 Å². The van der Waals surface area contributed by atoms with Crippen LogP contribution in [0.1, 0.15) is 19.3 Å². The number of hydrogen-bond donors (Lipinski definition) is 1. The zero-order valence-electron chi connectivity index (χ0n) is 7.19. The number of carbonyl (C=O) groups is 1. The normalized spacial score (nSPS) is 45.1. The first-order valence-corrected chi connectivity index (χ1v) is 5.76. The van der Waals surface area contributed by atoms with Gasteiger partial charge in [-0.05, 0) is 37.4 Å². The molecule has 0 heterocycles. The summed E-state index contributed by atoms with van der Waals surface area (Å²) in [6, 6.07) is 0. The molecule has 0 aromatic heterocycles. The Balaban J connectivity index is 2.09. The van der Waals surface area contributed by atoms with Crippen molar-refractivity contribution >= 4 is 17.7 Å². The summed E-state index contributed by atoms with van der Waals surface area (Å²) >= 11 is 1.85. The molecular formula is C9H14O2S. The zero-order chi connectivity index (χ0) is 8.72. The molecular weight excluding hydrogens is 172 g/mol. The van der Waals surface area contributed by atoms with Crippen molar-refractivity contribution in [1.82, 2.24) is 0 Å². The number of carboxylic acids is 1. The van der Waals surface area contributed by atoms with Crippen LogP contribution in [-0.2, 0) is 4.79 Å². The van der Waals surface area contributed by atoms with Crippen LogP contribution in [0.2, 0.25) is 0 Å². The standard InChI is InChI=1S/C9H14O2S/c1-12-8-4-5-2-6(8)7(3-5)9(10)11/h5-8H,2-4H2,1H3,(H,10,11)/t5-,6-,7+,8+/m0/s1. The molecule has 4 atom stereocenters. The smallest absolute Gasteiger partial charge is 0.306 e. The van der Waals surface area contributed by atoms with Gasteiger partial charge in [-0.1, -0.05) is 0 Å². The number of thioether (sulfide) groups is 1. The van der Waals surface area contributed by atoms with Crippen LogP contribution in [-0.4, -0.2) is 22.6 Å². The lowest BCUT2D eigenvalue weighted by Gasteiger charge is -2.24. The number of hydrogen-bond acceptors (Lipinski definition) is 2. The zero-order valence-corrected chi connectivity index (χ0v) is 8.01. The molecule has 0 amide bonds. The quantitative estimate of drug-likeness (QED) is 0.715. The van der Waals surface area contributed by atoms with E-state index < -0.39 is 5.97 Å². The van der Waals surface area contributed by atoms with E-state index in [0.29, 0.717) is 17.1 Å². The molecule has 2 aliphatic rings. The molecule has 2 aliphatic carbocycles. The summed E-state index contributed by atoms with van der Waals surface area (Å²) in [6.45, 7) is 0. The van der Waals surface area contributed by atoms with Gasteiger partial charge in [0, 0.05) is 5.25 Å². The van der Waals surface area contributed by atoms with Crippen molar-refractivity contribution in [2.75, 3.05) is 6.26 Å². The first-order chi connectivity index (χ1) is 5.72. The van der Waals surface area contributed by atoms with Gasteiger partial charge in [0.25, 0.3) is 0 Å². The van der Waals surface area contributed by atoms with E-state index in [0.717, 1.165) is 6.42 Å². The maximum atomic E-state index is 10.8. The Bertz CT molecular complexity index is 205. The van der Waals surface area contributed by atoms with E-state index in [-0.39, 0.29) is 5.92 Å². The minimum atomic E-state index is -0.568. The molecule has 68 valence electrons.